The van der Waals surface area contributed by atoms with Crippen molar-refractivity contribution in [3.8, 4) is 11.3 Å². The fourth-order valence-corrected chi connectivity index (χ4v) is 6.11. The summed E-state index contributed by atoms with van der Waals surface area (Å²) in [5, 5.41) is 0.582. The summed E-state index contributed by atoms with van der Waals surface area (Å²) in [5.41, 5.74) is 2.70. The van der Waals surface area contributed by atoms with Crippen molar-refractivity contribution < 1.29 is 13.2 Å². The number of hydrogen-bond acceptors (Lipinski definition) is 5. The van der Waals surface area contributed by atoms with Gasteiger partial charge in [0.25, 0.3) is 5.91 Å². The third-order valence-corrected chi connectivity index (χ3v) is 8.01. The van der Waals surface area contributed by atoms with Crippen LogP contribution in [0.4, 0.5) is 0 Å². The summed E-state index contributed by atoms with van der Waals surface area (Å²) in [4.78, 5) is 26.4. The maximum Gasteiger partial charge on any atom is 0.253 e. The molecule has 1 aliphatic rings. The standard InChI is InChI=1S/C24H23N5O3S/c1-17-16-28(24(30)18-6-3-2-4-7-18)12-13-29(17)33(31,32)21-15-27-23-20(21)9-11-26-22(23)19-8-5-10-25-14-19/h2-11,14-15,17,27H,12-13,16H2,1H3. The van der Waals surface area contributed by atoms with Crippen molar-refractivity contribution in [3.63, 3.8) is 0 Å². The second-order valence-electron chi connectivity index (χ2n) is 8.06. The SMILES string of the molecule is CC1CN(C(=O)c2ccccc2)CCN1S(=O)(=O)c1c[nH]c2c(-c3cccnc3)nccc12. The van der Waals surface area contributed by atoms with Crippen molar-refractivity contribution in [3.05, 3.63) is 78.9 Å². The maximum absolute atomic E-state index is 13.6. The summed E-state index contributed by atoms with van der Waals surface area (Å²) in [6.07, 6.45) is 6.51. The Hall–Kier alpha value is -3.56. The van der Waals surface area contributed by atoms with Gasteiger partial charge in [0.1, 0.15) is 4.90 Å². The van der Waals surface area contributed by atoms with Crippen molar-refractivity contribution in [2.75, 3.05) is 19.6 Å². The highest BCUT2D eigenvalue weighted by atomic mass is 32.2. The summed E-state index contributed by atoms with van der Waals surface area (Å²) in [7, 11) is -3.79. The van der Waals surface area contributed by atoms with Crippen LogP contribution in [0.5, 0.6) is 0 Å². The zero-order valence-electron chi connectivity index (χ0n) is 18.0. The van der Waals surface area contributed by atoms with E-state index in [2.05, 4.69) is 15.0 Å². The molecule has 1 amide bonds. The third-order valence-electron chi connectivity index (χ3n) is 5.96. The van der Waals surface area contributed by atoms with Gasteiger partial charge in [0.2, 0.25) is 10.0 Å². The van der Waals surface area contributed by atoms with E-state index in [0.29, 0.717) is 35.2 Å². The van der Waals surface area contributed by atoms with Crippen molar-refractivity contribution in [1.29, 1.82) is 0 Å². The monoisotopic (exact) mass is 461 g/mol. The molecule has 3 aromatic heterocycles. The molecule has 0 aliphatic carbocycles. The minimum Gasteiger partial charge on any atom is -0.358 e. The number of benzene rings is 1. The topological polar surface area (TPSA) is 99.3 Å². The molecule has 0 radical (unpaired) electrons. The zero-order valence-corrected chi connectivity index (χ0v) is 18.9. The molecule has 4 aromatic rings. The summed E-state index contributed by atoms with van der Waals surface area (Å²) in [6, 6.07) is 14.1. The number of pyridine rings is 2. The Morgan fingerprint density at radius 3 is 2.61 bits per heavy atom. The molecule has 1 fully saturated rings. The molecule has 5 rings (SSSR count). The van der Waals surface area contributed by atoms with Crippen molar-refractivity contribution in [2.45, 2.75) is 17.9 Å². The number of hydrogen-bond donors (Lipinski definition) is 1. The second-order valence-corrected chi connectivity index (χ2v) is 9.92. The number of amides is 1. The molecule has 1 unspecified atom stereocenters. The lowest BCUT2D eigenvalue weighted by molar-refractivity contribution is 0.0642. The molecule has 0 spiro atoms. The number of H-pyrrole nitrogens is 1. The largest absolute Gasteiger partial charge is 0.358 e. The van der Waals surface area contributed by atoms with Crippen LogP contribution < -0.4 is 0 Å². The van der Waals surface area contributed by atoms with Gasteiger partial charge in [0.05, 0.1) is 11.2 Å². The Morgan fingerprint density at radius 1 is 1.06 bits per heavy atom. The van der Waals surface area contributed by atoms with Crippen LogP contribution in [0.25, 0.3) is 22.2 Å². The summed E-state index contributed by atoms with van der Waals surface area (Å²) >= 11 is 0. The molecule has 168 valence electrons. The molecule has 4 heterocycles. The first-order valence-electron chi connectivity index (χ1n) is 10.7. The Labute approximate surface area is 192 Å². The normalized spacial score (nSPS) is 17.4. The van der Waals surface area contributed by atoms with E-state index in [9.17, 15) is 13.2 Å². The molecule has 1 aromatic carbocycles. The highest BCUT2D eigenvalue weighted by molar-refractivity contribution is 7.89. The average molecular weight is 462 g/mol. The minimum atomic E-state index is -3.79. The van der Waals surface area contributed by atoms with Gasteiger partial charge in [-0.25, -0.2) is 8.42 Å². The Morgan fingerprint density at radius 2 is 1.88 bits per heavy atom. The molecule has 33 heavy (non-hydrogen) atoms. The Balaban J connectivity index is 1.43. The van der Waals surface area contributed by atoms with Crippen LogP contribution in [0, 0.1) is 0 Å². The Bertz CT molecular complexity index is 1400. The van der Waals surface area contributed by atoms with E-state index >= 15 is 0 Å². The van der Waals surface area contributed by atoms with Gasteiger partial charge in [0.15, 0.2) is 0 Å². The third kappa shape index (κ3) is 3.79. The molecular formula is C24H23N5O3S. The van der Waals surface area contributed by atoms with Crippen molar-refractivity contribution >= 4 is 26.8 Å². The smallest absolute Gasteiger partial charge is 0.253 e. The molecule has 0 bridgehead atoms. The van der Waals surface area contributed by atoms with E-state index in [1.807, 2.05) is 37.3 Å². The molecule has 8 nitrogen and oxygen atoms in total. The number of piperazine rings is 1. The number of carbonyl (C=O) groups is 1. The molecule has 1 atom stereocenters. The number of aromatic amines is 1. The average Bonchev–Trinajstić information content (AvgIpc) is 3.30. The zero-order chi connectivity index (χ0) is 23.0. The number of nitrogens with one attached hydrogen (secondary N) is 1. The number of fused-ring (bicyclic) bond motifs is 1. The second kappa shape index (κ2) is 8.42. The lowest BCUT2D eigenvalue weighted by Crippen LogP contribution is -2.55. The van der Waals surface area contributed by atoms with E-state index in [4.69, 9.17) is 0 Å². The molecule has 9 heteroatoms. The highest BCUT2D eigenvalue weighted by Gasteiger charge is 2.36. The van der Waals surface area contributed by atoms with Gasteiger partial charge >= 0.3 is 0 Å². The van der Waals surface area contributed by atoms with E-state index in [1.54, 1.807) is 41.7 Å². The number of aromatic nitrogens is 3. The first-order chi connectivity index (χ1) is 16.0. The van der Waals surface area contributed by atoms with Gasteiger partial charge in [-0.1, -0.05) is 18.2 Å². The molecule has 1 aliphatic heterocycles. The quantitative estimate of drug-likeness (QED) is 0.503. The highest BCUT2D eigenvalue weighted by Crippen LogP contribution is 2.32. The number of nitrogens with zero attached hydrogens (tertiary/aromatic N) is 4. The number of rotatable bonds is 4. The van der Waals surface area contributed by atoms with Crippen LogP contribution in [0.15, 0.2) is 78.2 Å². The van der Waals surface area contributed by atoms with Crippen molar-refractivity contribution in [1.82, 2.24) is 24.2 Å². The first kappa shape index (κ1) is 21.3. The van der Waals surface area contributed by atoms with E-state index in [0.717, 1.165) is 5.56 Å². The van der Waals surface area contributed by atoms with Crippen molar-refractivity contribution in [2.24, 2.45) is 0 Å². The van der Waals surface area contributed by atoms with Gasteiger partial charge < -0.3 is 9.88 Å². The summed E-state index contributed by atoms with van der Waals surface area (Å²) in [6.45, 7) is 2.73. The predicted molar refractivity (Wildman–Crippen MR) is 125 cm³/mol. The van der Waals surface area contributed by atoms with Crippen LogP contribution in [-0.2, 0) is 10.0 Å². The molecular weight excluding hydrogens is 438 g/mol. The number of carbonyl (C=O) groups excluding carboxylic acids is 1. The van der Waals surface area contributed by atoms with E-state index in [-0.39, 0.29) is 23.4 Å². The van der Waals surface area contributed by atoms with E-state index < -0.39 is 10.0 Å². The summed E-state index contributed by atoms with van der Waals surface area (Å²) in [5.74, 6) is -0.0845. The fraction of sp³-hybridized carbons (Fsp3) is 0.208. The van der Waals surface area contributed by atoms with Gasteiger partial charge in [-0.2, -0.15) is 4.31 Å². The van der Waals surface area contributed by atoms with Crippen LogP contribution >= 0.6 is 0 Å². The lowest BCUT2D eigenvalue weighted by atomic mass is 10.1. The van der Waals surface area contributed by atoms with Crippen LogP contribution in [-0.4, -0.2) is 64.2 Å². The minimum absolute atomic E-state index is 0.0845. The van der Waals surface area contributed by atoms with Gasteiger partial charge in [0, 0.05) is 67.0 Å². The summed E-state index contributed by atoms with van der Waals surface area (Å²) < 4.78 is 28.8. The lowest BCUT2D eigenvalue weighted by Gasteiger charge is -2.38. The predicted octanol–water partition coefficient (Wildman–Crippen LogP) is 3.16. The fourth-order valence-electron chi connectivity index (χ4n) is 4.34. The van der Waals surface area contributed by atoms with Crippen LogP contribution in [0.1, 0.15) is 17.3 Å². The van der Waals surface area contributed by atoms with Gasteiger partial charge in [-0.15, -0.1) is 0 Å². The van der Waals surface area contributed by atoms with Gasteiger partial charge in [-0.3, -0.25) is 14.8 Å². The van der Waals surface area contributed by atoms with Crippen LogP contribution in [0.2, 0.25) is 0 Å². The molecule has 1 N–H and O–H groups in total. The van der Waals surface area contributed by atoms with Gasteiger partial charge in [-0.05, 0) is 37.3 Å². The van der Waals surface area contributed by atoms with Crippen LogP contribution in [0.3, 0.4) is 0 Å². The Kier molecular flexibility index (Phi) is 5.43. The number of sulfonamides is 1. The molecule has 0 saturated carbocycles. The maximum atomic E-state index is 13.6. The molecule has 1 saturated heterocycles. The van der Waals surface area contributed by atoms with E-state index in [1.165, 1.54) is 10.5 Å². The first-order valence-corrected chi connectivity index (χ1v) is 12.1.